The number of nitrogens with one attached hydrogen (secondary N) is 1. The molecule has 3 rings (SSSR count). The molecule has 7 heteroatoms. The van der Waals surface area contributed by atoms with E-state index in [-0.39, 0.29) is 6.10 Å². The first-order valence-electron chi connectivity index (χ1n) is 8.10. The summed E-state index contributed by atoms with van der Waals surface area (Å²) in [7, 11) is 0. The predicted molar refractivity (Wildman–Crippen MR) is 87.5 cm³/mol. The summed E-state index contributed by atoms with van der Waals surface area (Å²) in [4.78, 5) is 6.70. The van der Waals surface area contributed by atoms with E-state index < -0.39 is 0 Å². The van der Waals surface area contributed by atoms with Crippen LogP contribution in [0.1, 0.15) is 29.7 Å². The van der Waals surface area contributed by atoms with Crippen LogP contribution in [0.2, 0.25) is 0 Å². The molecule has 1 atom stereocenters. The van der Waals surface area contributed by atoms with Crippen LogP contribution in [-0.2, 0) is 4.74 Å². The Balaban J connectivity index is 1.40. The van der Waals surface area contributed by atoms with Crippen LogP contribution in [0, 0.1) is 18.3 Å². The lowest BCUT2D eigenvalue weighted by Gasteiger charge is -2.31. The Labute approximate surface area is 141 Å². The van der Waals surface area contributed by atoms with Crippen LogP contribution in [0.25, 0.3) is 0 Å². The van der Waals surface area contributed by atoms with Crippen molar-refractivity contribution in [3.8, 4) is 11.8 Å². The van der Waals surface area contributed by atoms with Gasteiger partial charge in [0.25, 0.3) is 0 Å². The van der Waals surface area contributed by atoms with Crippen molar-refractivity contribution in [2.75, 3.05) is 32.8 Å². The maximum Gasteiger partial charge on any atom is 0.180 e. The van der Waals surface area contributed by atoms with Gasteiger partial charge in [0.15, 0.2) is 5.82 Å². The number of aromatic amines is 1. The number of benzene rings is 1. The third kappa shape index (κ3) is 4.31. The number of H-pyrrole nitrogens is 1. The van der Waals surface area contributed by atoms with Crippen LogP contribution < -0.4 is 4.74 Å². The standard InChI is InChI=1S/C17H21N5O2/c1-13-19-17(21-20-13)16-12-22(8-10-24-16)7-2-9-23-15-5-3-14(11-18)4-6-15/h3-6,16H,2,7-10,12H2,1H3,(H,19,20,21). The van der Waals surface area contributed by atoms with E-state index in [1.165, 1.54) is 0 Å². The zero-order valence-electron chi connectivity index (χ0n) is 13.7. The number of nitriles is 1. The van der Waals surface area contributed by atoms with E-state index in [0.717, 1.165) is 43.5 Å². The van der Waals surface area contributed by atoms with Crippen molar-refractivity contribution < 1.29 is 9.47 Å². The third-order valence-corrected chi connectivity index (χ3v) is 3.92. The first kappa shape index (κ1) is 16.4. The second-order valence-electron chi connectivity index (χ2n) is 5.78. The highest BCUT2D eigenvalue weighted by Gasteiger charge is 2.24. The van der Waals surface area contributed by atoms with Crippen molar-refractivity contribution in [3.05, 3.63) is 41.5 Å². The van der Waals surface area contributed by atoms with Gasteiger partial charge in [-0.3, -0.25) is 10.00 Å². The van der Waals surface area contributed by atoms with Crippen LogP contribution in [-0.4, -0.2) is 52.9 Å². The Morgan fingerprint density at radius 1 is 1.42 bits per heavy atom. The molecule has 0 amide bonds. The summed E-state index contributed by atoms with van der Waals surface area (Å²) in [6.07, 6.45) is 0.864. The van der Waals surface area contributed by atoms with Gasteiger partial charge in [0.1, 0.15) is 17.7 Å². The zero-order chi connectivity index (χ0) is 16.8. The molecule has 0 spiro atoms. The van der Waals surface area contributed by atoms with E-state index in [1.807, 2.05) is 19.1 Å². The van der Waals surface area contributed by atoms with E-state index in [1.54, 1.807) is 12.1 Å². The quantitative estimate of drug-likeness (QED) is 0.815. The number of rotatable bonds is 6. The highest BCUT2D eigenvalue weighted by atomic mass is 16.5. The number of aromatic nitrogens is 3. The molecule has 7 nitrogen and oxygen atoms in total. The van der Waals surface area contributed by atoms with Gasteiger partial charge >= 0.3 is 0 Å². The fraction of sp³-hybridized carbons (Fsp3) is 0.471. The SMILES string of the molecule is Cc1nc(C2CN(CCCOc3ccc(C#N)cc3)CCO2)n[nH]1. The van der Waals surface area contributed by atoms with Crippen LogP contribution in [0.4, 0.5) is 0 Å². The monoisotopic (exact) mass is 327 g/mol. The third-order valence-electron chi connectivity index (χ3n) is 3.92. The highest BCUT2D eigenvalue weighted by Crippen LogP contribution is 2.19. The molecule has 126 valence electrons. The smallest absolute Gasteiger partial charge is 0.180 e. The summed E-state index contributed by atoms with van der Waals surface area (Å²) in [6.45, 7) is 5.88. The van der Waals surface area contributed by atoms with Crippen molar-refractivity contribution in [3.63, 3.8) is 0 Å². The van der Waals surface area contributed by atoms with Gasteiger partial charge < -0.3 is 9.47 Å². The van der Waals surface area contributed by atoms with Crippen molar-refractivity contribution in [1.29, 1.82) is 5.26 Å². The number of morpholine rings is 1. The molecule has 1 fully saturated rings. The normalized spacial score (nSPS) is 18.2. The fourth-order valence-electron chi connectivity index (χ4n) is 2.67. The fourth-order valence-corrected chi connectivity index (χ4v) is 2.67. The molecular formula is C17H21N5O2. The van der Waals surface area contributed by atoms with Crippen molar-refractivity contribution in [1.82, 2.24) is 20.1 Å². The lowest BCUT2D eigenvalue weighted by molar-refractivity contribution is -0.0351. The average molecular weight is 327 g/mol. The molecule has 1 unspecified atom stereocenters. The first-order valence-corrected chi connectivity index (χ1v) is 8.10. The maximum atomic E-state index is 8.77. The number of aryl methyl sites for hydroxylation is 1. The zero-order valence-corrected chi connectivity index (χ0v) is 13.7. The Hall–Kier alpha value is -2.43. The first-order chi connectivity index (χ1) is 11.7. The van der Waals surface area contributed by atoms with Crippen LogP contribution in [0.15, 0.2) is 24.3 Å². The molecule has 24 heavy (non-hydrogen) atoms. The number of hydrogen-bond acceptors (Lipinski definition) is 6. The molecule has 1 N–H and O–H groups in total. The molecule has 2 heterocycles. The molecule has 1 aromatic heterocycles. The van der Waals surface area contributed by atoms with E-state index in [9.17, 15) is 0 Å². The van der Waals surface area contributed by atoms with E-state index >= 15 is 0 Å². The Morgan fingerprint density at radius 2 is 2.25 bits per heavy atom. The minimum absolute atomic E-state index is 0.0665. The summed E-state index contributed by atoms with van der Waals surface area (Å²) in [5.41, 5.74) is 0.643. The molecular weight excluding hydrogens is 306 g/mol. The van der Waals surface area contributed by atoms with Crippen molar-refractivity contribution >= 4 is 0 Å². The lowest BCUT2D eigenvalue weighted by atomic mass is 10.2. The molecule has 1 aromatic carbocycles. The Morgan fingerprint density at radius 3 is 2.96 bits per heavy atom. The van der Waals surface area contributed by atoms with Gasteiger partial charge in [-0.15, -0.1) is 0 Å². The molecule has 0 saturated carbocycles. The molecule has 1 aliphatic rings. The number of ether oxygens (including phenoxy) is 2. The van der Waals surface area contributed by atoms with E-state index in [0.29, 0.717) is 18.8 Å². The van der Waals surface area contributed by atoms with Gasteiger partial charge in [-0.1, -0.05) is 0 Å². The highest BCUT2D eigenvalue weighted by molar-refractivity contribution is 5.34. The number of hydrogen-bond donors (Lipinski definition) is 1. The van der Waals surface area contributed by atoms with Gasteiger partial charge in [0.2, 0.25) is 0 Å². The van der Waals surface area contributed by atoms with Gasteiger partial charge in [0.05, 0.1) is 24.8 Å². The minimum atomic E-state index is -0.0665. The average Bonchev–Trinajstić information content (AvgIpc) is 3.06. The van der Waals surface area contributed by atoms with E-state index in [2.05, 4.69) is 26.2 Å². The lowest BCUT2D eigenvalue weighted by Crippen LogP contribution is -2.39. The summed E-state index contributed by atoms with van der Waals surface area (Å²) in [5.74, 6) is 2.33. The Kier molecular flexibility index (Phi) is 5.41. The molecule has 0 aliphatic carbocycles. The summed E-state index contributed by atoms with van der Waals surface area (Å²) in [6, 6.07) is 9.28. The molecule has 0 bridgehead atoms. The second kappa shape index (κ2) is 7.90. The van der Waals surface area contributed by atoms with Crippen molar-refractivity contribution in [2.24, 2.45) is 0 Å². The predicted octanol–water partition coefficient (Wildman–Crippen LogP) is 1.83. The second-order valence-corrected chi connectivity index (χ2v) is 5.78. The Bertz CT molecular complexity index is 692. The van der Waals surface area contributed by atoms with E-state index in [4.69, 9.17) is 14.7 Å². The summed E-state index contributed by atoms with van der Waals surface area (Å²) in [5, 5.41) is 15.8. The number of nitrogens with zero attached hydrogens (tertiary/aromatic N) is 4. The maximum absolute atomic E-state index is 8.77. The van der Waals surface area contributed by atoms with Gasteiger partial charge in [0, 0.05) is 19.6 Å². The molecule has 0 radical (unpaired) electrons. The van der Waals surface area contributed by atoms with Gasteiger partial charge in [-0.2, -0.15) is 10.4 Å². The summed E-state index contributed by atoms with van der Waals surface area (Å²) < 4.78 is 11.5. The topological polar surface area (TPSA) is 87.1 Å². The largest absolute Gasteiger partial charge is 0.494 e. The van der Waals surface area contributed by atoms with Crippen LogP contribution in [0.3, 0.4) is 0 Å². The van der Waals surface area contributed by atoms with Crippen molar-refractivity contribution in [2.45, 2.75) is 19.4 Å². The van der Waals surface area contributed by atoms with Gasteiger partial charge in [-0.05, 0) is 37.6 Å². The summed E-state index contributed by atoms with van der Waals surface area (Å²) >= 11 is 0. The molecule has 1 saturated heterocycles. The molecule has 1 aliphatic heterocycles. The van der Waals surface area contributed by atoms with Crippen LogP contribution >= 0.6 is 0 Å². The van der Waals surface area contributed by atoms with Crippen LogP contribution in [0.5, 0.6) is 5.75 Å². The minimum Gasteiger partial charge on any atom is -0.494 e. The molecule has 2 aromatic rings. The van der Waals surface area contributed by atoms with Gasteiger partial charge in [-0.25, -0.2) is 4.98 Å².